The van der Waals surface area contributed by atoms with Crippen molar-refractivity contribution in [2.24, 2.45) is 5.73 Å². The van der Waals surface area contributed by atoms with Gasteiger partial charge in [-0.2, -0.15) is 0 Å². The summed E-state index contributed by atoms with van der Waals surface area (Å²) in [7, 11) is 0. The number of rotatable bonds is 2. The van der Waals surface area contributed by atoms with Crippen molar-refractivity contribution in [2.45, 2.75) is 58.3 Å². The molecule has 94 valence electrons. The van der Waals surface area contributed by atoms with Crippen LogP contribution in [0.25, 0.3) is 0 Å². The highest BCUT2D eigenvalue weighted by atomic mass is 14.6. The van der Waals surface area contributed by atoms with Gasteiger partial charge in [-0.05, 0) is 55.9 Å². The Hall–Kier alpha value is -0.820. The lowest BCUT2D eigenvalue weighted by Gasteiger charge is -2.37. The molecule has 0 atom stereocenters. The first-order valence-corrected chi connectivity index (χ1v) is 6.87. The monoisotopic (exact) mass is 231 g/mol. The van der Waals surface area contributed by atoms with Crippen LogP contribution in [0.4, 0.5) is 0 Å². The van der Waals surface area contributed by atoms with E-state index in [-0.39, 0.29) is 5.41 Å². The number of hydrogen-bond acceptors (Lipinski definition) is 1. The average molecular weight is 231 g/mol. The molecule has 1 aromatic rings. The highest BCUT2D eigenvalue weighted by molar-refractivity contribution is 5.40. The van der Waals surface area contributed by atoms with E-state index >= 15 is 0 Å². The molecular weight excluding hydrogens is 206 g/mol. The predicted molar refractivity (Wildman–Crippen MR) is 74.5 cm³/mol. The van der Waals surface area contributed by atoms with Crippen molar-refractivity contribution < 1.29 is 0 Å². The van der Waals surface area contributed by atoms with Gasteiger partial charge >= 0.3 is 0 Å². The second-order valence-corrected chi connectivity index (χ2v) is 5.78. The molecule has 2 rings (SSSR count). The fourth-order valence-electron chi connectivity index (χ4n) is 3.18. The molecule has 1 heteroatoms. The Balaban J connectivity index is 2.43. The Labute approximate surface area is 105 Å². The van der Waals surface area contributed by atoms with E-state index in [9.17, 15) is 0 Å². The summed E-state index contributed by atoms with van der Waals surface area (Å²) in [6.45, 7) is 7.46. The molecule has 0 amide bonds. The Kier molecular flexibility index (Phi) is 3.58. The summed E-state index contributed by atoms with van der Waals surface area (Å²) in [5.74, 6) is 0. The van der Waals surface area contributed by atoms with Gasteiger partial charge in [0.15, 0.2) is 0 Å². The molecular formula is C16H25N. The van der Waals surface area contributed by atoms with Crippen molar-refractivity contribution in [3.63, 3.8) is 0 Å². The molecule has 0 unspecified atom stereocenters. The van der Waals surface area contributed by atoms with Gasteiger partial charge in [-0.1, -0.05) is 31.4 Å². The summed E-state index contributed by atoms with van der Waals surface area (Å²) in [6, 6.07) is 4.75. The van der Waals surface area contributed by atoms with Crippen molar-refractivity contribution in [1.29, 1.82) is 0 Å². The van der Waals surface area contributed by atoms with Crippen LogP contribution in [0.1, 0.15) is 54.4 Å². The number of hydrogen-bond donors (Lipinski definition) is 1. The maximum atomic E-state index is 6.11. The second kappa shape index (κ2) is 4.81. The number of aryl methyl sites for hydroxylation is 2. The molecule has 1 nitrogen and oxygen atoms in total. The fourth-order valence-corrected chi connectivity index (χ4v) is 3.18. The van der Waals surface area contributed by atoms with Crippen LogP contribution in [0.15, 0.2) is 12.1 Å². The van der Waals surface area contributed by atoms with E-state index in [0.29, 0.717) is 0 Å². The summed E-state index contributed by atoms with van der Waals surface area (Å²) in [5, 5.41) is 0. The minimum absolute atomic E-state index is 0.265. The van der Waals surface area contributed by atoms with Gasteiger partial charge in [0, 0.05) is 12.0 Å². The molecule has 1 saturated carbocycles. The highest BCUT2D eigenvalue weighted by Crippen LogP contribution is 2.39. The van der Waals surface area contributed by atoms with Gasteiger partial charge in [0.25, 0.3) is 0 Å². The molecule has 0 bridgehead atoms. The third kappa shape index (κ3) is 2.26. The third-order valence-corrected chi connectivity index (χ3v) is 4.74. The van der Waals surface area contributed by atoms with Crippen LogP contribution in [-0.2, 0) is 5.41 Å². The van der Waals surface area contributed by atoms with Gasteiger partial charge in [-0.3, -0.25) is 0 Å². The van der Waals surface area contributed by atoms with Crippen LogP contribution in [0.3, 0.4) is 0 Å². The first kappa shape index (κ1) is 12.6. The number of nitrogens with two attached hydrogens (primary N) is 1. The topological polar surface area (TPSA) is 26.0 Å². The number of benzene rings is 1. The lowest BCUT2D eigenvalue weighted by atomic mass is 9.69. The molecule has 0 radical (unpaired) electrons. The van der Waals surface area contributed by atoms with Crippen LogP contribution in [-0.4, -0.2) is 6.54 Å². The normalized spacial score (nSPS) is 19.3. The fraction of sp³-hybridized carbons (Fsp3) is 0.625. The standard InChI is InChI=1S/C16H25N/c1-12-9-15(10-13(2)14(12)3)16(11-17)7-5-4-6-8-16/h9-10H,4-8,11,17H2,1-3H3. The van der Waals surface area contributed by atoms with Crippen LogP contribution >= 0.6 is 0 Å². The summed E-state index contributed by atoms with van der Waals surface area (Å²) >= 11 is 0. The summed E-state index contributed by atoms with van der Waals surface area (Å²) in [4.78, 5) is 0. The maximum absolute atomic E-state index is 6.11. The first-order chi connectivity index (χ1) is 8.09. The molecule has 1 aliphatic carbocycles. The second-order valence-electron chi connectivity index (χ2n) is 5.78. The van der Waals surface area contributed by atoms with Crippen molar-refractivity contribution in [3.05, 3.63) is 34.4 Å². The Morgan fingerprint density at radius 3 is 2.00 bits per heavy atom. The van der Waals surface area contributed by atoms with Crippen LogP contribution in [0, 0.1) is 20.8 Å². The van der Waals surface area contributed by atoms with E-state index in [2.05, 4.69) is 32.9 Å². The van der Waals surface area contributed by atoms with Gasteiger partial charge in [0.05, 0.1) is 0 Å². The van der Waals surface area contributed by atoms with E-state index in [1.54, 1.807) is 0 Å². The minimum atomic E-state index is 0.265. The van der Waals surface area contributed by atoms with Crippen LogP contribution < -0.4 is 5.73 Å². The average Bonchev–Trinajstić information content (AvgIpc) is 2.36. The van der Waals surface area contributed by atoms with E-state index in [0.717, 1.165) is 6.54 Å². The third-order valence-electron chi connectivity index (χ3n) is 4.74. The van der Waals surface area contributed by atoms with Gasteiger partial charge < -0.3 is 5.73 Å². The van der Waals surface area contributed by atoms with Crippen molar-refractivity contribution >= 4 is 0 Å². The SMILES string of the molecule is Cc1cc(C2(CN)CCCCC2)cc(C)c1C. The molecule has 1 aliphatic rings. The molecule has 0 spiro atoms. The minimum Gasteiger partial charge on any atom is -0.330 e. The summed E-state index contributed by atoms with van der Waals surface area (Å²) in [5.41, 5.74) is 12.1. The molecule has 0 saturated heterocycles. The van der Waals surface area contributed by atoms with Crippen LogP contribution in [0.5, 0.6) is 0 Å². The van der Waals surface area contributed by atoms with E-state index in [1.165, 1.54) is 54.4 Å². The van der Waals surface area contributed by atoms with Gasteiger partial charge in [0.1, 0.15) is 0 Å². The summed E-state index contributed by atoms with van der Waals surface area (Å²) < 4.78 is 0. The molecule has 17 heavy (non-hydrogen) atoms. The smallest absolute Gasteiger partial charge is 0.00757 e. The zero-order valence-corrected chi connectivity index (χ0v) is 11.5. The van der Waals surface area contributed by atoms with Crippen molar-refractivity contribution in [2.75, 3.05) is 6.54 Å². The molecule has 0 aliphatic heterocycles. The van der Waals surface area contributed by atoms with Gasteiger partial charge in [-0.15, -0.1) is 0 Å². The largest absolute Gasteiger partial charge is 0.330 e. The van der Waals surface area contributed by atoms with Gasteiger partial charge in [0.2, 0.25) is 0 Å². The lowest BCUT2D eigenvalue weighted by molar-refractivity contribution is 0.300. The van der Waals surface area contributed by atoms with E-state index < -0.39 is 0 Å². The van der Waals surface area contributed by atoms with Crippen LogP contribution in [0.2, 0.25) is 0 Å². The highest BCUT2D eigenvalue weighted by Gasteiger charge is 2.32. The van der Waals surface area contributed by atoms with E-state index in [1.807, 2.05) is 0 Å². The summed E-state index contributed by atoms with van der Waals surface area (Å²) in [6.07, 6.45) is 6.59. The quantitative estimate of drug-likeness (QED) is 0.823. The van der Waals surface area contributed by atoms with E-state index in [4.69, 9.17) is 5.73 Å². The molecule has 2 N–H and O–H groups in total. The van der Waals surface area contributed by atoms with Crippen molar-refractivity contribution in [3.8, 4) is 0 Å². The molecule has 0 heterocycles. The Morgan fingerprint density at radius 1 is 1.00 bits per heavy atom. The Bertz CT molecular complexity index is 377. The first-order valence-electron chi connectivity index (χ1n) is 6.87. The van der Waals surface area contributed by atoms with Crippen molar-refractivity contribution in [1.82, 2.24) is 0 Å². The predicted octanol–water partition coefficient (Wildman–Crippen LogP) is 3.77. The Morgan fingerprint density at radius 2 is 1.53 bits per heavy atom. The zero-order chi connectivity index (χ0) is 12.5. The zero-order valence-electron chi connectivity index (χ0n) is 11.5. The van der Waals surface area contributed by atoms with Gasteiger partial charge in [-0.25, -0.2) is 0 Å². The molecule has 0 aromatic heterocycles. The molecule has 1 aromatic carbocycles. The lowest BCUT2D eigenvalue weighted by Crippen LogP contribution is -2.37. The molecule has 1 fully saturated rings. The maximum Gasteiger partial charge on any atom is 0.00757 e.